The molecule has 0 atom stereocenters. The molecule has 0 radical (unpaired) electrons. The van der Waals surface area contributed by atoms with Gasteiger partial charge in [0.2, 0.25) is 5.88 Å². The van der Waals surface area contributed by atoms with E-state index in [1.807, 2.05) is 13.8 Å². The van der Waals surface area contributed by atoms with Crippen LogP contribution in [0.5, 0.6) is 17.4 Å². The fraction of sp³-hybridized carbons (Fsp3) is 0.192. The van der Waals surface area contributed by atoms with E-state index in [1.165, 1.54) is 16.7 Å². The highest BCUT2D eigenvalue weighted by Crippen LogP contribution is 2.35. The van der Waals surface area contributed by atoms with Crippen molar-refractivity contribution in [2.45, 2.75) is 32.5 Å². The number of carboxylic acid groups (broad SMARTS) is 2. The highest BCUT2D eigenvalue weighted by Gasteiger charge is 2.31. The van der Waals surface area contributed by atoms with E-state index in [-0.39, 0.29) is 34.4 Å². The van der Waals surface area contributed by atoms with Gasteiger partial charge in [-0.15, -0.1) is 0 Å². The molecule has 0 aliphatic heterocycles. The Morgan fingerprint density at radius 3 is 2.22 bits per heavy atom. The minimum atomic E-state index is -4.55. The van der Waals surface area contributed by atoms with Crippen LogP contribution in [0.4, 0.5) is 13.2 Å². The molecule has 0 aliphatic rings. The monoisotopic (exact) mass is 514 g/mol. The second kappa shape index (κ2) is 9.84. The molecule has 37 heavy (non-hydrogen) atoms. The van der Waals surface area contributed by atoms with E-state index in [2.05, 4.69) is 4.98 Å². The Morgan fingerprint density at radius 2 is 1.68 bits per heavy atom. The molecule has 8 nitrogen and oxygen atoms in total. The van der Waals surface area contributed by atoms with E-state index in [1.54, 1.807) is 30.3 Å². The number of fused-ring (bicyclic) bond motifs is 1. The summed E-state index contributed by atoms with van der Waals surface area (Å²) >= 11 is 0. The van der Waals surface area contributed by atoms with Gasteiger partial charge in [-0.1, -0.05) is 0 Å². The van der Waals surface area contributed by atoms with Crippen LogP contribution in [-0.4, -0.2) is 37.8 Å². The Kier molecular flexibility index (Phi) is 6.80. The zero-order valence-corrected chi connectivity index (χ0v) is 19.6. The summed E-state index contributed by atoms with van der Waals surface area (Å²) in [5.74, 6) is -1.99. The minimum Gasteiger partial charge on any atom is -0.491 e. The zero-order chi connectivity index (χ0) is 26.9. The second-order valence-electron chi connectivity index (χ2n) is 8.36. The molecule has 0 saturated heterocycles. The van der Waals surface area contributed by atoms with Gasteiger partial charge in [-0.3, -0.25) is 4.79 Å². The molecule has 4 rings (SSSR count). The quantitative estimate of drug-likeness (QED) is 0.299. The summed E-state index contributed by atoms with van der Waals surface area (Å²) in [6.07, 6.45) is -4.55. The van der Waals surface area contributed by atoms with Crippen LogP contribution in [0.2, 0.25) is 0 Å². The minimum absolute atomic E-state index is 0.0392. The van der Waals surface area contributed by atoms with Gasteiger partial charge >= 0.3 is 18.1 Å². The summed E-state index contributed by atoms with van der Waals surface area (Å²) in [5.41, 5.74) is -0.214. The van der Waals surface area contributed by atoms with Crippen LogP contribution in [0, 0.1) is 0 Å². The Bertz CT molecular complexity index is 1460. The van der Waals surface area contributed by atoms with Gasteiger partial charge in [0, 0.05) is 29.0 Å². The average Bonchev–Trinajstić information content (AvgIpc) is 3.11. The van der Waals surface area contributed by atoms with Crippen LogP contribution in [0.15, 0.2) is 60.8 Å². The van der Waals surface area contributed by atoms with Gasteiger partial charge in [-0.25, -0.2) is 9.78 Å². The number of benzene rings is 2. The van der Waals surface area contributed by atoms with Gasteiger partial charge in [0.05, 0.1) is 29.2 Å². The van der Waals surface area contributed by atoms with Gasteiger partial charge in [-0.2, -0.15) is 13.2 Å². The van der Waals surface area contributed by atoms with Crippen LogP contribution < -0.4 is 9.47 Å². The van der Waals surface area contributed by atoms with E-state index in [9.17, 15) is 33.0 Å². The first kappa shape index (κ1) is 25.5. The SMILES string of the molecule is CC(C)Oc1ccc(-n2c(CC(=O)O)c(C(=O)O)c3cc(Oc4ccc(C(F)(F)F)cn4)ccc32)cc1. The number of aromatic nitrogens is 2. The highest BCUT2D eigenvalue weighted by atomic mass is 19.4. The van der Waals surface area contributed by atoms with Crippen molar-refractivity contribution in [2.75, 3.05) is 0 Å². The standard InChI is InChI=1S/C26H21F3N2O6/c1-14(2)36-17-6-4-16(5-7-17)31-20-9-8-18(37-22-10-3-15(13-30-22)26(27,28)29)11-19(20)24(25(34)35)21(31)12-23(32)33/h3-11,13-14H,12H2,1-2H3,(H,32,33)(H,34,35). The molecule has 192 valence electrons. The molecule has 2 aromatic carbocycles. The Morgan fingerprint density at radius 1 is 1.00 bits per heavy atom. The maximum atomic E-state index is 12.8. The first-order chi connectivity index (χ1) is 17.4. The van der Waals surface area contributed by atoms with E-state index < -0.39 is 30.1 Å². The number of aromatic carboxylic acids is 1. The summed E-state index contributed by atoms with van der Waals surface area (Å²) in [6, 6.07) is 13.0. The summed E-state index contributed by atoms with van der Waals surface area (Å²) < 4.78 is 51.1. The van der Waals surface area contributed by atoms with Gasteiger partial charge in [0.1, 0.15) is 11.5 Å². The van der Waals surface area contributed by atoms with Crippen LogP contribution in [-0.2, 0) is 17.4 Å². The first-order valence-corrected chi connectivity index (χ1v) is 11.0. The van der Waals surface area contributed by atoms with Crippen LogP contribution in [0.25, 0.3) is 16.6 Å². The summed E-state index contributed by atoms with van der Waals surface area (Å²) in [6.45, 7) is 3.74. The molecular formula is C26H21F3N2O6. The predicted octanol–water partition coefficient (Wildman–Crippen LogP) is 5.95. The third kappa shape index (κ3) is 5.50. The lowest BCUT2D eigenvalue weighted by Crippen LogP contribution is -2.11. The molecule has 2 N–H and O–H groups in total. The molecule has 0 unspecified atom stereocenters. The fourth-order valence-corrected chi connectivity index (χ4v) is 3.91. The van der Waals surface area contributed by atoms with Crippen LogP contribution in [0.3, 0.4) is 0 Å². The van der Waals surface area contributed by atoms with Crippen molar-refractivity contribution in [3.63, 3.8) is 0 Å². The maximum Gasteiger partial charge on any atom is 0.417 e. The topological polar surface area (TPSA) is 111 Å². The number of ether oxygens (including phenoxy) is 2. The van der Waals surface area contributed by atoms with E-state index in [0.717, 1.165) is 12.1 Å². The summed E-state index contributed by atoms with van der Waals surface area (Å²) in [5, 5.41) is 19.7. The predicted molar refractivity (Wildman–Crippen MR) is 127 cm³/mol. The summed E-state index contributed by atoms with van der Waals surface area (Å²) in [4.78, 5) is 27.6. The fourth-order valence-electron chi connectivity index (χ4n) is 3.91. The maximum absolute atomic E-state index is 12.8. The largest absolute Gasteiger partial charge is 0.491 e. The van der Waals surface area contributed by atoms with Crippen molar-refractivity contribution in [3.8, 4) is 23.1 Å². The van der Waals surface area contributed by atoms with Gasteiger partial charge in [0.25, 0.3) is 0 Å². The zero-order valence-electron chi connectivity index (χ0n) is 19.6. The van der Waals surface area contributed by atoms with Crippen molar-refractivity contribution in [1.82, 2.24) is 9.55 Å². The average molecular weight is 514 g/mol. The lowest BCUT2D eigenvalue weighted by atomic mass is 10.1. The Labute approximate surface area is 208 Å². The normalized spacial score (nSPS) is 11.6. The molecule has 0 aliphatic carbocycles. The molecular weight excluding hydrogens is 493 g/mol. The number of halogens is 3. The van der Waals surface area contributed by atoms with E-state index in [4.69, 9.17) is 9.47 Å². The van der Waals surface area contributed by atoms with Crippen LogP contribution >= 0.6 is 0 Å². The van der Waals surface area contributed by atoms with Crippen molar-refractivity contribution in [1.29, 1.82) is 0 Å². The Hall–Kier alpha value is -4.54. The second-order valence-corrected chi connectivity index (χ2v) is 8.36. The molecule has 0 bridgehead atoms. The third-order valence-electron chi connectivity index (χ3n) is 5.32. The molecule has 0 saturated carbocycles. The number of pyridine rings is 1. The van der Waals surface area contributed by atoms with Gasteiger partial charge in [0.15, 0.2) is 0 Å². The summed E-state index contributed by atoms with van der Waals surface area (Å²) in [7, 11) is 0. The Balaban J connectivity index is 1.81. The number of nitrogens with zero attached hydrogens (tertiary/aromatic N) is 2. The number of carbonyl (C=O) groups is 2. The van der Waals surface area contributed by atoms with E-state index in [0.29, 0.717) is 23.2 Å². The molecule has 0 amide bonds. The number of alkyl halides is 3. The van der Waals surface area contributed by atoms with Crippen molar-refractivity contribution < 1.29 is 42.4 Å². The van der Waals surface area contributed by atoms with Crippen molar-refractivity contribution in [3.05, 3.63) is 77.6 Å². The number of hydrogen-bond donors (Lipinski definition) is 2. The van der Waals surface area contributed by atoms with Gasteiger partial charge in [-0.05, 0) is 62.4 Å². The number of aliphatic carboxylic acids is 1. The van der Waals surface area contributed by atoms with Gasteiger partial charge < -0.3 is 24.3 Å². The lowest BCUT2D eigenvalue weighted by molar-refractivity contribution is -0.138. The smallest absolute Gasteiger partial charge is 0.417 e. The molecule has 2 heterocycles. The highest BCUT2D eigenvalue weighted by molar-refractivity contribution is 6.07. The molecule has 4 aromatic rings. The number of carboxylic acids is 2. The third-order valence-corrected chi connectivity index (χ3v) is 5.32. The van der Waals surface area contributed by atoms with E-state index >= 15 is 0 Å². The molecule has 0 spiro atoms. The molecule has 0 fully saturated rings. The molecule has 11 heteroatoms. The van der Waals surface area contributed by atoms with Crippen molar-refractivity contribution >= 4 is 22.8 Å². The number of hydrogen-bond acceptors (Lipinski definition) is 5. The first-order valence-electron chi connectivity index (χ1n) is 11.0. The van der Waals surface area contributed by atoms with Crippen LogP contribution in [0.1, 0.15) is 35.5 Å². The lowest BCUT2D eigenvalue weighted by Gasteiger charge is -2.13. The number of rotatable bonds is 8. The molecule has 2 aromatic heterocycles. The van der Waals surface area contributed by atoms with Crippen molar-refractivity contribution in [2.24, 2.45) is 0 Å².